The second-order valence-electron chi connectivity index (χ2n) is 5.27. The van der Waals surface area contributed by atoms with Gasteiger partial charge in [0.05, 0.1) is 0 Å². The van der Waals surface area contributed by atoms with Crippen molar-refractivity contribution in [3.05, 3.63) is 0 Å². The molecule has 2 N–H and O–H groups in total. The second kappa shape index (κ2) is 10.00. The lowest BCUT2D eigenvalue weighted by molar-refractivity contribution is 0.258. The van der Waals surface area contributed by atoms with Crippen molar-refractivity contribution in [3.63, 3.8) is 0 Å². The highest BCUT2D eigenvalue weighted by Gasteiger charge is 2.28. The van der Waals surface area contributed by atoms with E-state index in [0.29, 0.717) is 25.6 Å². The zero-order valence-electron chi connectivity index (χ0n) is 12.7. The highest BCUT2D eigenvalue weighted by Crippen LogP contribution is 2.18. The van der Waals surface area contributed by atoms with Crippen LogP contribution in [0.1, 0.15) is 32.6 Å². The largest absolute Gasteiger partial charge is 0.317 e. The zero-order chi connectivity index (χ0) is 14.8. The molecule has 5 nitrogen and oxygen atoms in total. The van der Waals surface area contributed by atoms with Crippen LogP contribution in [-0.2, 0) is 10.2 Å². The van der Waals surface area contributed by atoms with E-state index in [9.17, 15) is 8.42 Å². The molecule has 20 heavy (non-hydrogen) atoms. The molecule has 1 unspecified atom stereocenters. The fraction of sp³-hybridized carbons (Fsp3) is 1.00. The van der Waals surface area contributed by atoms with Crippen LogP contribution in [0.25, 0.3) is 0 Å². The second-order valence-corrected chi connectivity index (χ2v) is 8.01. The molecule has 1 rings (SSSR count). The molecular weight excluding hydrogens is 294 g/mol. The van der Waals surface area contributed by atoms with Gasteiger partial charge in [-0.1, -0.05) is 6.92 Å². The number of piperidine rings is 1. The van der Waals surface area contributed by atoms with E-state index in [1.54, 1.807) is 16.1 Å². The molecule has 0 bridgehead atoms. The summed E-state index contributed by atoms with van der Waals surface area (Å²) in [5.41, 5.74) is 0. The SMILES string of the molecule is CCNCC1CCCN(S(=O)(=O)NCCCCSC)C1. The topological polar surface area (TPSA) is 61.4 Å². The van der Waals surface area contributed by atoms with E-state index >= 15 is 0 Å². The molecule has 1 saturated heterocycles. The number of nitrogens with zero attached hydrogens (tertiary/aromatic N) is 1. The lowest BCUT2D eigenvalue weighted by Crippen LogP contribution is -2.47. The molecule has 1 fully saturated rings. The van der Waals surface area contributed by atoms with Gasteiger partial charge < -0.3 is 5.32 Å². The molecule has 0 aromatic rings. The molecule has 0 aromatic heterocycles. The molecule has 0 radical (unpaired) electrons. The van der Waals surface area contributed by atoms with Crippen LogP contribution in [0.3, 0.4) is 0 Å². The molecule has 0 aromatic carbocycles. The number of nitrogens with one attached hydrogen (secondary N) is 2. The molecule has 0 aliphatic carbocycles. The van der Waals surface area contributed by atoms with Crippen molar-refractivity contribution in [2.24, 2.45) is 5.92 Å². The van der Waals surface area contributed by atoms with Gasteiger partial charge in [0.15, 0.2) is 0 Å². The first-order valence-electron chi connectivity index (χ1n) is 7.54. The van der Waals surface area contributed by atoms with Crippen LogP contribution in [0.2, 0.25) is 0 Å². The summed E-state index contributed by atoms with van der Waals surface area (Å²) in [5, 5.41) is 3.31. The minimum Gasteiger partial charge on any atom is -0.317 e. The van der Waals surface area contributed by atoms with Crippen LogP contribution in [-0.4, -0.2) is 57.5 Å². The Morgan fingerprint density at radius 3 is 2.85 bits per heavy atom. The number of rotatable bonds is 10. The van der Waals surface area contributed by atoms with Crippen LogP contribution in [0.15, 0.2) is 0 Å². The van der Waals surface area contributed by atoms with Crippen LogP contribution in [0.5, 0.6) is 0 Å². The van der Waals surface area contributed by atoms with Gasteiger partial charge in [-0.3, -0.25) is 0 Å². The van der Waals surface area contributed by atoms with E-state index in [-0.39, 0.29) is 0 Å². The predicted molar refractivity (Wildman–Crippen MR) is 87.4 cm³/mol. The van der Waals surface area contributed by atoms with Crippen molar-refractivity contribution in [2.45, 2.75) is 32.6 Å². The summed E-state index contributed by atoms with van der Waals surface area (Å²) in [5.74, 6) is 1.53. The van der Waals surface area contributed by atoms with Crippen molar-refractivity contribution >= 4 is 22.0 Å². The molecule has 120 valence electrons. The Hall–Kier alpha value is 0.180. The summed E-state index contributed by atoms with van der Waals surface area (Å²) in [6.45, 7) is 5.79. The molecule has 1 atom stereocenters. The molecule has 0 amide bonds. The minimum absolute atomic E-state index is 0.441. The maximum Gasteiger partial charge on any atom is 0.279 e. The summed E-state index contributed by atoms with van der Waals surface area (Å²) in [6, 6.07) is 0. The summed E-state index contributed by atoms with van der Waals surface area (Å²) in [6.07, 6.45) is 6.13. The van der Waals surface area contributed by atoms with Crippen LogP contribution in [0, 0.1) is 5.92 Å². The fourth-order valence-corrected chi connectivity index (χ4v) is 4.28. The number of thioether (sulfide) groups is 1. The molecule has 0 spiro atoms. The van der Waals surface area contributed by atoms with E-state index in [1.165, 1.54) is 0 Å². The van der Waals surface area contributed by atoms with E-state index in [4.69, 9.17) is 0 Å². The average molecular weight is 324 g/mol. The van der Waals surface area contributed by atoms with Gasteiger partial charge in [0, 0.05) is 19.6 Å². The van der Waals surface area contributed by atoms with Crippen LogP contribution in [0.4, 0.5) is 0 Å². The Kier molecular flexibility index (Phi) is 9.11. The van der Waals surface area contributed by atoms with Crippen LogP contribution >= 0.6 is 11.8 Å². The maximum atomic E-state index is 12.2. The summed E-state index contributed by atoms with van der Waals surface area (Å²) >= 11 is 1.80. The van der Waals surface area contributed by atoms with E-state index in [0.717, 1.165) is 44.5 Å². The van der Waals surface area contributed by atoms with E-state index in [1.807, 2.05) is 0 Å². The Morgan fingerprint density at radius 1 is 1.35 bits per heavy atom. The number of hydrogen-bond acceptors (Lipinski definition) is 4. The van der Waals surface area contributed by atoms with Crippen molar-refractivity contribution < 1.29 is 8.42 Å². The van der Waals surface area contributed by atoms with E-state index < -0.39 is 10.2 Å². The molecule has 1 aliphatic heterocycles. The fourth-order valence-electron chi connectivity index (χ4n) is 2.42. The minimum atomic E-state index is -3.28. The zero-order valence-corrected chi connectivity index (χ0v) is 14.4. The predicted octanol–water partition coefficient (Wildman–Crippen LogP) is 1.29. The molecule has 1 aliphatic rings. The summed E-state index contributed by atoms with van der Waals surface area (Å²) in [4.78, 5) is 0. The van der Waals surface area contributed by atoms with Gasteiger partial charge >= 0.3 is 0 Å². The highest BCUT2D eigenvalue weighted by molar-refractivity contribution is 7.98. The van der Waals surface area contributed by atoms with Crippen molar-refractivity contribution in [1.29, 1.82) is 0 Å². The van der Waals surface area contributed by atoms with Crippen molar-refractivity contribution in [3.8, 4) is 0 Å². The normalized spacial score (nSPS) is 21.2. The van der Waals surface area contributed by atoms with Gasteiger partial charge in [-0.05, 0) is 56.7 Å². The first kappa shape index (κ1) is 18.2. The monoisotopic (exact) mass is 323 g/mol. The van der Waals surface area contributed by atoms with Crippen molar-refractivity contribution in [1.82, 2.24) is 14.3 Å². The number of unbranched alkanes of at least 4 members (excludes halogenated alkanes) is 1. The Bertz CT molecular complexity index is 350. The standard InChI is InChI=1S/C13H29N3O2S2/c1-3-14-11-13-7-6-9-16(12-13)20(17,18)15-8-4-5-10-19-2/h13-15H,3-12H2,1-2H3. The summed E-state index contributed by atoms with van der Waals surface area (Å²) < 4.78 is 28.8. The smallest absolute Gasteiger partial charge is 0.279 e. The lowest BCUT2D eigenvalue weighted by Gasteiger charge is -2.32. The van der Waals surface area contributed by atoms with E-state index in [2.05, 4.69) is 23.2 Å². The average Bonchev–Trinajstić information content (AvgIpc) is 2.45. The van der Waals surface area contributed by atoms with Gasteiger partial charge in [0.1, 0.15) is 0 Å². The third kappa shape index (κ3) is 6.76. The molecule has 0 saturated carbocycles. The first-order valence-corrected chi connectivity index (χ1v) is 10.4. The van der Waals surface area contributed by atoms with Gasteiger partial charge in [0.25, 0.3) is 10.2 Å². The highest BCUT2D eigenvalue weighted by atomic mass is 32.2. The molecular formula is C13H29N3O2S2. The third-order valence-corrected chi connectivity index (χ3v) is 5.84. The van der Waals surface area contributed by atoms with Crippen LogP contribution < -0.4 is 10.0 Å². The first-order chi connectivity index (χ1) is 9.60. The quantitative estimate of drug-likeness (QED) is 0.595. The van der Waals surface area contributed by atoms with Crippen molar-refractivity contribution in [2.75, 3.05) is 44.7 Å². The van der Waals surface area contributed by atoms with Gasteiger partial charge in [-0.25, -0.2) is 4.72 Å². The lowest BCUT2D eigenvalue weighted by atomic mass is 10.00. The Morgan fingerprint density at radius 2 is 2.15 bits per heavy atom. The number of hydrogen-bond donors (Lipinski definition) is 2. The molecule has 7 heteroatoms. The van der Waals surface area contributed by atoms with Gasteiger partial charge in [-0.2, -0.15) is 24.5 Å². The van der Waals surface area contributed by atoms with Gasteiger partial charge in [-0.15, -0.1) is 0 Å². The maximum absolute atomic E-state index is 12.2. The summed E-state index contributed by atoms with van der Waals surface area (Å²) in [7, 11) is -3.28. The Labute approximate surface area is 128 Å². The third-order valence-electron chi connectivity index (χ3n) is 3.56. The molecule has 1 heterocycles. The van der Waals surface area contributed by atoms with Gasteiger partial charge in [0.2, 0.25) is 0 Å². The Balaban J connectivity index is 2.34.